The van der Waals surface area contributed by atoms with Crippen molar-refractivity contribution in [2.75, 3.05) is 20.8 Å². The van der Waals surface area contributed by atoms with E-state index >= 15 is 0 Å². The highest BCUT2D eigenvalue weighted by Gasteiger charge is 2.29. The van der Waals surface area contributed by atoms with Gasteiger partial charge in [-0.15, -0.1) is 0 Å². The lowest BCUT2D eigenvalue weighted by Crippen LogP contribution is -2.46. The molecule has 0 spiro atoms. The molecular formula is C13H21NO. The summed E-state index contributed by atoms with van der Waals surface area (Å²) in [5.41, 5.74) is 1.41. The van der Waals surface area contributed by atoms with E-state index in [1.165, 1.54) is 5.56 Å². The Labute approximate surface area is 92.6 Å². The lowest BCUT2D eigenvalue weighted by molar-refractivity contribution is 0.139. The Bertz CT molecular complexity index is 282. The third kappa shape index (κ3) is 2.80. The zero-order valence-corrected chi connectivity index (χ0v) is 10.1. The van der Waals surface area contributed by atoms with Crippen molar-refractivity contribution in [1.82, 2.24) is 5.32 Å². The van der Waals surface area contributed by atoms with E-state index in [2.05, 4.69) is 43.4 Å². The molecule has 15 heavy (non-hydrogen) atoms. The zero-order valence-electron chi connectivity index (χ0n) is 10.1. The minimum absolute atomic E-state index is 0.0754. The predicted molar refractivity (Wildman–Crippen MR) is 64.2 cm³/mol. The minimum atomic E-state index is 0.0754. The lowest BCUT2D eigenvalue weighted by Gasteiger charge is -2.34. The number of hydrogen-bond acceptors (Lipinski definition) is 2. The molecule has 1 unspecified atom stereocenters. The molecular weight excluding hydrogens is 186 g/mol. The van der Waals surface area contributed by atoms with Gasteiger partial charge in [-0.25, -0.2) is 0 Å². The quantitative estimate of drug-likeness (QED) is 0.799. The van der Waals surface area contributed by atoms with Crippen molar-refractivity contribution in [3.63, 3.8) is 0 Å². The molecule has 1 rings (SSSR count). The number of likely N-dealkylation sites (N-methyl/N-ethyl adjacent to an activating group) is 1. The Morgan fingerprint density at radius 3 is 2.33 bits per heavy atom. The van der Waals surface area contributed by atoms with Gasteiger partial charge in [0.2, 0.25) is 0 Å². The number of methoxy groups -OCH3 is 1. The summed E-state index contributed by atoms with van der Waals surface area (Å²) in [6.45, 7) is 5.20. The van der Waals surface area contributed by atoms with E-state index in [9.17, 15) is 0 Å². The third-order valence-corrected chi connectivity index (χ3v) is 3.07. The van der Waals surface area contributed by atoms with Gasteiger partial charge in [0.15, 0.2) is 0 Å². The molecule has 0 saturated carbocycles. The van der Waals surface area contributed by atoms with Crippen LogP contribution >= 0.6 is 0 Å². The normalized spacial score (nSPS) is 13.9. The van der Waals surface area contributed by atoms with Crippen LogP contribution in [0.1, 0.15) is 19.4 Å². The van der Waals surface area contributed by atoms with E-state index in [4.69, 9.17) is 4.74 Å². The maximum Gasteiger partial charge on any atom is 0.0624 e. The fraction of sp³-hybridized carbons (Fsp3) is 0.538. The molecule has 0 amide bonds. The average Bonchev–Trinajstić information content (AvgIpc) is 2.27. The van der Waals surface area contributed by atoms with Crippen molar-refractivity contribution < 1.29 is 4.74 Å². The Kier molecular flexibility index (Phi) is 4.30. The highest BCUT2D eigenvalue weighted by molar-refractivity contribution is 5.25. The molecule has 1 N–H and O–H groups in total. The smallest absolute Gasteiger partial charge is 0.0624 e. The molecule has 2 nitrogen and oxygen atoms in total. The first-order valence-corrected chi connectivity index (χ1v) is 5.34. The molecule has 0 aliphatic rings. The summed E-state index contributed by atoms with van der Waals surface area (Å²) in [5, 5.41) is 3.32. The van der Waals surface area contributed by atoms with Crippen molar-refractivity contribution in [1.29, 1.82) is 0 Å². The summed E-state index contributed by atoms with van der Waals surface area (Å²) < 4.78 is 5.24. The van der Waals surface area contributed by atoms with Crippen LogP contribution in [0.2, 0.25) is 0 Å². The highest BCUT2D eigenvalue weighted by Crippen LogP contribution is 2.26. The Morgan fingerprint density at radius 1 is 1.27 bits per heavy atom. The van der Waals surface area contributed by atoms with E-state index in [0.717, 1.165) is 6.61 Å². The molecule has 84 valence electrons. The van der Waals surface area contributed by atoms with Gasteiger partial charge < -0.3 is 10.1 Å². The number of nitrogens with one attached hydrogen (secondary N) is 1. The summed E-state index contributed by atoms with van der Waals surface area (Å²) in [4.78, 5) is 0. The SMILES string of the molecule is CNC(COC)C(C)(C)c1ccccc1. The van der Waals surface area contributed by atoms with Crippen LogP contribution in [0, 0.1) is 0 Å². The van der Waals surface area contributed by atoms with E-state index in [1.54, 1.807) is 7.11 Å². The van der Waals surface area contributed by atoms with Crippen molar-refractivity contribution in [3.8, 4) is 0 Å². The number of benzene rings is 1. The van der Waals surface area contributed by atoms with Crippen LogP contribution in [-0.4, -0.2) is 26.8 Å². The molecule has 0 heterocycles. The first-order valence-electron chi connectivity index (χ1n) is 5.34. The van der Waals surface area contributed by atoms with Crippen LogP contribution in [0.15, 0.2) is 30.3 Å². The minimum Gasteiger partial charge on any atom is -0.383 e. The van der Waals surface area contributed by atoms with Gasteiger partial charge >= 0.3 is 0 Å². The Balaban J connectivity index is 2.89. The molecule has 0 aromatic heterocycles. The van der Waals surface area contributed by atoms with Crippen molar-refractivity contribution in [2.24, 2.45) is 0 Å². The van der Waals surface area contributed by atoms with Gasteiger partial charge in [0.05, 0.1) is 6.61 Å². The zero-order chi connectivity index (χ0) is 11.3. The predicted octanol–water partition coefficient (Wildman–Crippen LogP) is 2.20. The van der Waals surface area contributed by atoms with Crippen molar-refractivity contribution in [3.05, 3.63) is 35.9 Å². The van der Waals surface area contributed by atoms with Crippen LogP contribution in [0.3, 0.4) is 0 Å². The second-order valence-corrected chi connectivity index (χ2v) is 4.38. The van der Waals surface area contributed by atoms with Gasteiger partial charge in [-0.1, -0.05) is 44.2 Å². The summed E-state index contributed by atoms with van der Waals surface area (Å²) in [6.07, 6.45) is 0. The molecule has 0 bridgehead atoms. The summed E-state index contributed by atoms with van der Waals surface area (Å²) in [5.74, 6) is 0. The van der Waals surface area contributed by atoms with Gasteiger partial charge in [0, 0.05) is 18.6 Å². The summed E-state index contributed by atoms with van der Waals surface area (Å²) >= 11 is 0. The first kappa shape index (κ1) is 12.2. The van der Waals surface area contributed by atoms with E-state index in [0.29, 0.717) is 6.04 Å². The molecule has 1 atom stereocenters. The Hall–Kier alpha value is -0.860. The topological polar surface area (TPSA) is 21.3 Å². The number of rotatable bonds is 5. The molecule has 1 aromatic carbocycles. The highest BCUT2D eigenvalue weighted by atomic mass is 16.5. The van der Waals surface area contributed by atoms with Gasteiger partial charge in [0.25, 0.3) is 0 Å². The molecule has 0 aliphatic carbocycles. The van der Waals surface area contributed by atoms with Crippen LogP contribution in [0.4, 0.5) is 0 Å². The molecule has 0 saturated heterocycles. The van der Waals surface area contributed by atoms with Crippen LogP contribution in [0.25, 0.3) is 0 Å². The lowest BCUT2D eigenvalue weighted by atomic mass is 9.78. The van der Waals surface area contributed by atoms with Crippen LogP contribution in [0.5, 0.6) is 0 Å². The van der Waals surface area contributed by atoms with Gasteiger partial charge in [-0.05, 0) is 12.6 Å². The van der Waals surface area contributed by atoms with Crippen molar-refractivity contribution in [2.45, 2.75) is 25.3 Å². The standard InChI is InChI=1S/C13H21NO/c1-13(2,12(14-3)10-15-4)11-8-6-5-7-9-11/h5-9,12,14H,10H2,1-4H3. The third-order valence-electron chi connectivity index (χ3n) is 3.07. The van der Waals surface area contributed by atoms with E-state index in [-0.39, 0.29) is 5.41 Å². The number of ether oxygens (including phenoxy) is 1. The fourth-order valence-corrected chi connectivity index (χ4v) is 1.89. The summed E-state index contributed by atoms with van der Waals surface area (Å²) in [7, 11) is 3.72. The fourth-order valence-electron chi connectivity index (χ4n) is 1.89. The second kappa shape index (κ2) is 5.29. The monoisotopic (exact) mass is 207 g/mol. The maximum absolute atomic E-state index is 5.24. The largest absolute Gasteiger partial charge is 0.383 e. The molecule has 1 aromatic rings. The van der Waals surface area contributed by atoms with E-state index < -0.39 is 0 Å². The van der Waals surface area contributed by atoms with Gasteiger partial charge in [-0.2, -0.15) is 0 Å². The molecule has 2 heteroatoms. The average molecular weight is 207 g/mol. The molecule has 0 radical (unpaired) electrons. The van der Waals surface area contributed by atoms with Gasteiger partial charge in [-0.3, -0.25) is 0 Å². The number of hydrogen-bond donors (Lipinski definition) is 1. The maximum atomic E-state index is 5.24. The van der Waals surface area contributed by atoms with E-state index in [1.807, 2.05) is 13.1 Å². The molecule has 0 fully saturated rings. The first-order chi connectivity index (χ1) is 7.12. The Morgan fingerprint density at radius 2 is 1.87 bits per heavy atom. The van der Waals surface area contributed by atoms with Crippen LogP contribution in [-0.2, 0) is 10.2 Å². The molecule has 0 aliphatic heterocycles. The van der Waals surface area contributed by atoms with Crippen molar-refractivity contribution >= 4 is 0 Å². The summed E-state index contributed by atoms with van der Waals surface area (Å²) in [6, 6.07) is 10.9. The van der Waals surface area contributed by atoms with Gasteiger partial charge in [0.1, 0.15) is 0 Å². The van der Waals surface area contributed by atoms with Crippen LogP contribution < -0.4 is 5.32 Å². The second-order valence-electron chi connectivity index (χ2n) is 4.38.